The number of pyridine rings is 1. The number of anilines is 2. The maximum Gasteiger partial charge on any atom is 0.269 e. The standard InChI is InChI=1S/C16H20N4O/c1-3-20(11-12-5-4-6-13(17)9-12)14-7-8-19-15(10-14)16(21)18-2/h4-10H,3,11,17H2,1-2H3,(H,18,21). The van der Waals surface area contributed by atoms with Gasteiger partial charge in [0.1, 0.15) is 5.69 Å². The number of rotatable bonds is 5. The van der Waals surface area contributed by atoms with Crippen molar-refractivity contribution in [3.63, 3.8) is 0 Å². The molecule has 1 aromatic carbocycles. The van der Waals surface area contributed by atoms with E-state index in [-0.39, 0.29) is 5.91 Å². The van der Waals surface area contributed by atoms with Crippen LogP contribution in [0, 0.1) is 0 Å². The first-order valence-electron chi connectivity index (χ1n) is 6.91. The first-order chi connectivity index (χ1) is 10.1. The summed E-state index contributed by atoms with van der Waals surface area (Å²) in [7, 11) is 1.60. The fourth-order valence-corrected chi connectivity index (χ4v) is 2.17. The average molecular weight is 284 g/mol. The van der Waals surface area contributed by atoms with Gasteiger partial charge < -0.3 is 16.0 Å². The number of carbonyl (C=O) groups excluding carboxylic acids is 1. The number of nitrogens with one attached hydrogen (secondary N) is 1. The van der Waals surface area contributed by atoms with Gasteiger partial charge in [0.25, 0.3) is 5.91 Å². The molecule has 5 nitrogen and oxygen atoms in total. The second kappa shape index (κ2) is 6.74. The van der Waals surface area contributed by atoms with E-state index in [0.717, 1.165) is 30.0 Å². The van der Waals surface area contributed by atoms with Crippen molar-refractivity contribution in [2.24, 2.45) is 0 Å². The lowest BCUT2D eigenvalue weighted by molar-refractivity contribution is 0.0958. The molecule has 2 aromatic rings. The van der Waals surface area contributed by atoms with Gasteiger partial charge in [0.2, 0.25) is 0 Å². The molecule has 1 heterocycles. The van der Waals surface area contributed by atoms with Gasteiger partial charge in [0.15, 0.2) is 0 Å². The van der Waals surface area contributed by atoms with Gasteiger partial charge in [-0.1, -0.05) is 12.1 Å². The molecule has 0 saturated carbocycles. The zero-order valence-electron chi connectivity index (χ0n) is 12.3. The van der Waals surface area contributed by atoms with Gasteiger partial charge >= 0.3 is 0 Å². The maximum atomic E-state index is 11.7. The molecule has 21 heavy (non-hydrogen) atoms. The molecule has 0 fully saturated rings. The van der Waals surface area contributed by atoms with E-state index in [4.69, 9.17) is 5.73 Å². The zero-order valence-corrected chi connectivity index (χ0v) is 12.3. The minimum absolute atomic E-state index is 0.183. The average Bonchev–Trinajstić information content (AvgIpc) is 2.52. The second-order valence-electron chi connectivity index (χ2n) is 4.74. The van der Waals surface area contributed by atoms with Crippen molar-refractivity contribution in [3.8, 4) is 0 Å². The third kappa shape index (κ3) is 3.72. The second-order valence-corrected chi connectivity index (χ2v) is 4.74. The summed E-state index contributed by atoms with van der Waals surface area (Å²) in [6.45, 7) is 3.64. The molecule has 110 valence electrons. The van der Waals surface area contributed by atoms with Gasteiger partial charge in [-0.3, -0.25) is 9.78 Å². The Morgan fingerprint density at radius 3 is 2.81 bits per heavy atom. The van der Waals surface area contributed by atoms with Crippen molar-refractivity contribution >= 4 is 17.3 Å². The summed E-state index contributed by atoms with van der Waals surface area (Å²) in [6, 6.07) is 11.5. The highest BCUT2D eigenvalue weighted by Gasteiger charge is 2.10. The predicted molar refractivity (Wildman–Crippen MR) is 85.2 cm³/mol. The molecule has 3 N–H and O–H groups in total. The highest BCUT2D eigenvalue weighted by molar-refractivity contribution is 5.92. The van der Waals surface area contributed by atoms with Crippen LogP contribution in [0.4, 0.5) is 11.4 Å². The Kier molecular flexibility index (Phi) is 4.77. The number of carbonyl (C=O) groups is 1. The summed E-state index contributed by atoms with van der Waals surface area (Å²) in [6.07, 6.45) is 1.65. The number of aromatic nitrogens is 1. The third-order valence-corrected chi connectivity index (χ3v) is 3.27. The Hall–Kier alpha value is -2.56. The number of nitrogen functional groups attached to an aromatic ring is 1. The zero-order chi connectivity index (χ0) is 15.2. The van der Waals surface area contributed by atoms with Crippen LogP contribution >= 0.6 is 0 Å². The van der Waals surface area contributed by atoms with E-state index in [1.165, 1.54) is 0 Å². The lowest BCUT2D eigenvalue weighted by atomic mass is 10.1. The quantitative estimate of drug-likeness (QED) is 0.824. The Morgan fingerprint density at radius 1 is 1.33 bits per heavy atom. The molecule has 5 heteroatoms. The minimum atomic E-state index is -0.183. The molecular formula is C16H20N4O. The van der Waals surface area contributed by atoms with Crippen LogP contribution in [-0.2, 0) is 6.54 Å². The predicted octanol–water partition coefficient (Wildman–Crippen LogP) is 2.05. The van der Waals surface area contributed by atoms with E-state index in [1.807, 2.05) is 30.3 Å². The summed E-state index contributed by atoms with van der Waals surface area (Å²) in [4.78, 5) is 17.9. The topological polar surface area (TPSA) is 71.2 Å². The minimum Gasteiger partial charge on any atom is -0.399 e. The fraction of sp³-hybridized carbons (Fsp3) is 0.250. The molecule has 0 unspecified atom stereocenters. The first-order valence-corrected chi connectivity index (χ1v) is 6.91. The SMILES string of the molecule is CCN(Cc1cccc(N)c1)c1ccnc(C(=O)NC)c1. The van der Waals surface area contributed by atoms with Gasteiger partial charge in [-0.25, -0.2) is 0 Å². The Morgan fingerprint density at radius 2 is 2.14 bits per heavy atom. The van der Waals surface area contributed by atoms with E-state index in [1.54, 1.807) is 19.3 Å². The van der Waals surface area contributed by atoms with Gasteiger partial charge in [0, 0.05) is 37.7 Å². The number of benzene rings is 1. The molecular weight excluding hydrogens is 264 g/mol. The van der Waals surface area contributed by atoms with Crippen molar-refractivity contribution in [1.29, 1.82) is 0 Å². The molecule has 0 saturated heterocycles. The number of amides is 1. The summed E-state index contributed by atoms with van der Waals surface area (Å²) < 4.78 is 0. The maximum absolute atomic E-state index is 11.7. The molecule has 0 atom stereocenters. The molecule has 1 amide bonds. The van der Waals surface area contributed by atoms with Crippen molar-refractivity contribution in [3.05, 3.63) is 53.9 Å². The van der Waals surface area contributed by atoms with E-state index in [2.05, 4.69) is 22.1 Å². The highest BCUT2D eigenvalue weighted by atomic mass is 16.1. The van der Waals surface area contributed by atoms with Gasteiger partial charge in [-0.15, -0.1) is 0 Å². The Bertz CT molecular complexity index is 627. The molecule has 0 aliphatic heterocycles. The van der Waals surface area contributed by atoms with E-state index < -0.39 is 0 Å². The monoisotopic (exact) mass is 284 g/mol. The van der Waals surface area contributed by atoms with Crippen LogP contribution in [0.5, 0.6) is 0 Å². The summed E-state index contributed by atoms with van der Waals surface area (Å²) in [5.41, 5.74) is 9.09. The van der Waals surface area contributed by atoms with Crippen LogP contribution in [0.2, 0.25) is 0 Å². The number of hydrogen-bond acceptors (Lipinski definition) is 4. The van der Waals surface area contributed by atoms with Gasteiger partial charge in [0.05, 0.1) is 0 Å². The van der Waals surface area contributed by atoms with Crippen LogP contribution in [0.15, 0.2) is 42.6 Å². The van der Waals surface area contributed by atoms with Crippen LogP contribution < -0.4 is 16.0 Å². The van der Waals surface area contributed by atoms with Crippen molar-refractivity contribution in [2.75, 3.05) is 24.2 Å². The van der Waals surface area contributed by atoms with Crippen LogP contribution in [-0.4, -0.2) is 24.5 Å². The molecule has 1 aromatic heterocycles. The van der Waals surface area contributed by atoms with E-state index >= 15 is 0 Å². The fourth-order valence-electron chi connectivity index (χ4n) is 2.17. The Labute approximate surface area is 124 Å². The Balaban J connectivity index is 2.23. The van der Waals surface area contributed by atoms with E-state index in [9.17, 15) is 4.79 Å². The normalized spacial score (nSPS) is 10.2. The molecule has 0 aliphatic carbocycles. The summed E-state index contributed by atoms with van der Waals surface area (Å²) in [5.74, 6) is -0.183. The van der Waals surface area contributed by atoms with Crippen molar-refractivity contribution in [1.82, 2.24) is 10.3 Å². The van der Waals surface area contributed by atoms with Crippen molar-refractivity contribution in [2.45, 2.75) is 13.5 Å². The first kappa shape index (κ1) is 14.8. The number of hydrogen-bond donors (Lipinski definition) is 2. The largest absolute Gasteiger partial charge is 0.399 e. The van der Waals surface area contributed by atoms with Gasteiger partial charge in [-0.2, -0.15) is 0 Å². The van der Waals surface area contributed by atoms with E-state index in [0.29, 0.717) is 5.69 Å². The molecule has 0 bridgehead atoms. The lowest BCUT2D eigenvalue weighted by Crippen LogP contribution is -2.24. The summed E-state index contributed by atoms with van der Waals surface area (Å²) in [5, 5.41) is 2.59. The van der Waals surface area contributed by atoms with Crippen molar-refractivity contribution < 1.29 is 4.79 Å². The van der Waals surface area contributed by atoms with Crippen LogP contribution in [0.25, 0.3) is 0 Å². The molecule has 0 radical (unpaired) electrons. The number of nitrogens with zero attached hydrogens (tertiary/aromatic N) is 2. The third-order valence-electron chi connectivity index (χ3n) is 3.27. The lowest BCUT2D eigenvalue weighted by Gasteiger charge is -2.23. The van der Waals surface area contributed by atoms with Crippen LogP contribution in [0.3, 0.4) is 0 Å². The molecule has 0 aliphatic rings. The van der Waals surface area contributed by atoms with Gasteiger partial charge in [-0.05, 0) is 36.8 Å². The highest BCUT2D eigenvalue weighted by Crippen LogP contribution is 2.18. The molecule has 2 rings (SSSR count). The summed E-state index contributed by atoms with van der Waals surface area (Å²) >= 11 is 0. The smallest absolute Gasteiger partial charge is 0.269 e. The molecule has 0 spiro atoms. The van der Waals surface area contributed by atoms with Crippen LogP contribution in [0.1, 0.15) is 23.0 Å². The number of nitrogens with two attached hydrogens (primary N) is 1.